The summed E-state index contributed by atoms with van der Waals surface area (Å²) < 4.78 is 5.70. The molecule has 0 spiro atoms. The molecule has 2 rings (SSSR count). The van der Waals surface area contributed by atoms with E-state index in [0.717, 1.165) is 36.7 Å². The Labute approximate surface area is 120 Å². The third-order valence-electron chi connectivity index (χ3n) is 3.33. The van der Waals surface area contributed by atoms with Crippen molar-refractivity contribution >= 4 is 11.6 Å². The van der Waals surface area contributed by atoms with Crippen molar-refractivity contribution in [1.29, 1.82) is 0 Å². The van der Waals surface area contributed by atoms with Crippen LogP contribution in [0.15, 0.2) is 24.3 Å². The van der Waals surface area contributed by atoms with Crippen LogP contribution in [0.4, 0.5) is 5.69 Å². The first-order chi connectivity index (χ1) is 9.79. The van der Waals surface area contributed by atoms with E-state index in [4.69, 9.17) is 4.74 Å². The number of unbranched alkanes of at least 4 members (excludes halogenated alkanes) is 1. The highest BCUT2D eigenvalue weighted by molar-refractivity contribution is 5.93. The van der Waals surface area contributed by atoms with Gasteiger partial charge in [-0.05, 0) is 43.9 Å². The second-order valence-corrected chi connectivity index (χ2v) is 5.32. The monoisotopic (exact) mass is 276 g/mol. The average molecular weight is 276 g/mol. The van der Waals surface area contributed by atoms with Gasteiger partial charge in [0.25, 0.3) is 0 Å². The van der Waals surface area contributed by atoms with Crippen LogP contribution in [-0.4, -0.2) is 25.6 Å². The van der Waals surface area contributed by atoms with Gasteiger partial charge in [0.15, 0.2) is 0 Å². The van der Waals surface area contributed by atoms with Crippen LogP contribution in [0.1, 0.15) is 32.6 Å². The second kappa shape index (κ2) is 7.90. The number of rotatable bonds is 9. The number of benzene rings is 1. The van der Waals surface area contributed by atoms with Gasteiger partial charge < -0.3 is 15.4 Å². The maximum Gasteiger partial charge on any atom is 0.238 e. The zero-order chi connectivity index (χ0) is 14.2. The lowest BCUT2D eigenvalue weighted by atomic mass is 10.3. The molecule has 2 N–H and O–H groups in total. The zero-order valence-corrected chi connectivity index (χ0v) is 12.2. The summed E-state index contributed by atoms with van der Waals surface area (Å²) in [5.41, 5.74) is 0.752. The van der Waals surface area contributed by atoms with Crippen LogP contribution < -0.4 is 15.4 Å². The summed E-state index contributed by atoms with van der Waals surface area (Å²) in [5, 5.41) is 6.09. The number of carbonyl (C=O) groups is 1. The van der Waals surface area contributed by atoms with Gasteiger partial charge in [-0.1, -0.05) is 25.5 Å². The topological polar surface area (TPSA) is 50.4 Å². The number of para-hydroxylation sites is 2. The molecule has 0 bridgehead atoms. The highest BCUT2D eigenvalue weighted by atomic mass is 16.5. The van der Waals surface area contributed by atoms with Crippen molar-refractivity contribution < 1.29 is 9.53 Å². The maximum atomic E-state index is 11.9. The van der Waals surface area contributed by atoms with Gasteiger partial charge in [-0.2, -0.15) is 0 Å². The molecule has 0 aliphatic heterocycles. The number of hydrogen-bond donors (Lipinski definition) is 2. The predicted molar refractivity (Wildman–Crippen MR) is 81.1 cm³/mol. The number of carbonyl (C=O) groups excluding carboxylic acids is 1. The highest BCUT2D eigenvalue weighted by Gasteiger charge is 2.20. The number of nitrogens with one attached hydrogen (secondary N) is 2. The quantitative estimate of drug-likeness (QED) is 0.682. The van der Waals surface area contributed by atoms with Crippen LogP contribution in [0.2, 0.25) is 0 Å². The van der Waals surface area contributed by atoms with E-state index in [1.165, 1.54) is 12.8 Å². The Morgan fingerprint density at radius 3 is 2.90 bits per heavy atom. The van der Waals surface area contributed by atoms with Crippen LogP contribution in [0, 0.1) is 5.92 Å². The van der Waals surface area contributed by atoms with E-state index in [9.17, 15) is 4.79 Å². The van der Waals surface area contributed by atoms with Crippen molar-refractivity contribution in [3.05, 3.63) is 24.3 Å². The molecule has 0 atom stereocenters. The lowest BCUT2D eigenvalue weighted by Crippen LogP contribution is -2.29. The summed E-state index contributed by atoms with van der Waals surface area (Å²) in [6.07, 6.45) is 4.70. The Balaban J connectivity index is 1.78. The summed E-state index contributed by atoms with van der Waals surface area (Å²) in [7, 11) is 0. The predicted octanol–water partition coefficient (Wildman–Crippen LogP) is 2.80. The van der Waals surface area contributed by atoms with Crippen molar-refractivity contribution in [2.45, 2.75) is 32.6 Å². The Kier molecular flexibility index (Phi) is 5.87. The fraction of sp³-hybridized carbons (Fsp3) is 0.562. The molecule has 0 heterocycles. The third-order valence-corrected chi connectivity index (χ3v) is 3.33. The van der Waals surface area contributed by atoms with Gasteiger partial charge in [0.1, 0.15) is 5.75 Å². The van der Waals surface area contributed by atoms with Crippen molar-refractivity contribution in [1.82, 2.24) is 5.32 Å². The van der Waals surface area contributed by atoms with Gasteiger partial charge in [-0.25, -0.2) is 0 Å². The number of anilines is 1. The summed E-state index contributed by atoms with van der Waals surface area (Å²) in [6, 6.07) is 7.59. The van der Waals surface area contributed by atoms with Crippen molar-refractivity contribution in [2.24, 2.45) is 5.92 Å². The van der Waals surface area contributed by atoms with E-state index >= 15 is 0 Å². The van der Waals surface area contributed by atoms with Gasteiger partial charge in [-0.15, -0.1) is 0 Å². The van der Waals surface area contributed by atoms with Gasteiger partial charge >= 0.3 is 0 Å². The summed E-state index contributed by atoms with van der Waals surface area (Å²) in [6.45, 7) is 4.12. The van der Waals surface area contributed by atoms with Crippen molar-refractivity contribution in [2.75, 3.05) is 25.0 Å². The molecule has 4 nitrogen and oxygen atoms in total. The summed E-state index contributed by atoms with van der Waals surface area (Å²) in [4.78, 5) is 11.9. The van der Waals surface area contributed by atoms with Gasteiger partial charge in [0.2, 0.25) is 5.91 Å². The minimum absolute atomic E-state index is 0.0165. The molecular formula is C16H24N2O2. The van der Waals surface area contributed by atoms with Crippen molar-refractivity contribution in [3.8, 4) is 5.75 Å². The standard InChI is InChI=1S/C16H24N2O2/c1-2-3-10-20-15-7-5-4-6-14(15)18-16(19)12-17-11-13-8-9-13/h4-7,13,17H,2-3,8-12H2,1H3,(H,18,19). The summed E-state index contributed by atoms with van der Waals surface area (Å²) in [5.74, 6) is 1.51. The van der Waals surface area contributed by atoms with E-state index < -0.39 is 0 Å². The molecule has 0 radical (unpaired) electrons. The van der Waals surface area contributed by atoms with Gasteiger partial charge in [-0.3, -0.25) is 4.79 Å². The Bertz CT molecular complexity index is 430. The largest absolute Gasteiger partial charge is 0.491 e. The number of amides is 1. The van der Waals surface area contributed by atoms with Crippen molar-refractivity contribution in [3.63, 3.8) is 0 Å². The molecule has 1 fully saturated rings. The molecule has 1 aliphatic carbocycles. The van der Waals surface area contributed by atoms with Crippen LogP contribution in [0.25, 0.3) is 0 Å². The first-order valence-electron chi connectivity index (χ1n) is 7.52. The molecule has 1 aromatic carbocycles. The fourth-order valence-corrected chi connectivity index (χ4v) is 1.93. The Morgan fingerprint density at radius 2 is 2.15 bits per heavy atom. The second-order valence-electron chi connectivity index (χ2n) is 5.32. The van der Waals surface area contributed by atoms with Crippen LogP contribution in [-0.2, 0) is 4.79 Å². The van der Waals surface area contributed by atoms with E-state index in [0.29, 0.717) is 13.2 Å². The minimum Gasteiger partial charge on any atom is -0.491 e. The molecule has 1 saturated carbocycles. The maximum absolute atomic E-state index is 11.9. The average Bonchev–Trinajstić information content (AvgIpc) is 3.25. The third kappa shape index (κ3) is 5.21. The zero-order valence-electron chi connectivity index (χ0n) is 12.2. The van der Waals surface area contributed by atoms with Crippen LogP contribution in [0.5, 0.6) is 5.75 Å². The number of hydrogen-bond acceptors (Lipinski definition) is 3. The molecule has 1 aliphatic rings. The fourth-order valence-electron chi connectivity index (χ4n) is 1.93. The Morgan fingerprint density at radius 1 is 1.35 bits per heavy atom. The van der Waals surface area contributed by atoms with Gasteiger partial charge in [0, 0.05) is 0 Å². The Hall–Kier alpha value is -1.55. The molecule has 0 aromatic heterocycles. The number of ether oxygens (including phenoxy) is 1. The SMILES string of the molecule is CCCCOc1ccccc1NC(=O)CNCC1CC1. The van der Waals surface area contributed by atoms with Crippen LogP contribution >= 0.6 is 0 Å². The minimum atomic E-state index is -0.0165. The molecule has 4 heteroatoms. The van der Waals surface area contributed by atoms with E-state index in [1.54, 1.807) is 0 Å². The van der Waals surface area contributed by atoms with E-state index in [-0.39, 0.29) is 5.91 Å². The highest BCUT2D eigenvalue weighted by Crippen LogP contribution is 2.27. The smallest absolute Gasteiger partial charge is 0.238 e. The van der Waals surface area contributed by atoms with Crippen LogP contribution in [0.3, 0.4) is 0 Å². The molecule has 1 aromatic rings. The normalized spacial score (nSPS) is 14.1. The van der Waals surface area contributed by atoms with Gasteiger partial charge in [0.05, 0.1) is 18.8 Å². The molecular weight excluding hydrogens is 252 g/mol. The molecule has 0 saturated heterocycles. The first kappa shape index (κ1) is 14.9. The lowest BCUT2D eigenvalue weighted by Gasteiger charge is -2.12. The molecule has 1 amide bonds. The molecule has 0 unspecified atom stereocenters. The summed E-state index contributed by atoms with van der Waals surface area (Å²) >= 11 is 0. The first-order valence-corrected chi connectivity index (χ1v) is 7.52. The molecule has 110 valence electrons. The van der Waals surface area contributed by atoms with E-state index in [2.05, 4.69) is 17.6 Å². The lowest BCUT2D eigenvalue weighted by molar-refractivity contribution is -0.115. The molecule has 20 heavy (non-hydrogen) atoms. The van der Waals surface area contributed by atoms with E-state index in [1.807, 2.05) is 24.3 Å².